The molecule has 4 aromatic rings. The molecule has 1 aliphatic rings. The number of fused-ring (bicyclic) bond motifs is 3. The summed E-state index contributed by atoms with van der Waals surface area (Å²) in [6, 6.07) is 20.4. The number of carbonyl (C=O) groups is 2. The molecule has 0 saturated carbocycles. The first-order valence-corrected chi connectivity index (χ1v) is 11.1. The molecule has 0 saturated heterocycles. The number of nitrogens with zero attached hydrogens (tertiary/aromatic N) is 2. The Kier molecular flexibility index (Phi) is 5.82. The Bertz CT molecular complexity index is 1390. The van der Waals surface area contributed by atoms with E-state index in [4.69, 9.17) is 9.47 Å². The van der Waals surface area contributed by atoms with E-state index in [-0.39, 0.29) is 18.4 Å². The van der Waals surface area contributed by atoms with Gasteiger partial charge in [0, 0.05) is 29.8 Å². The minimum Gasteiger partial charge on any atom is -0.462 e. The SMILES string of the molecule is CCOC(=O)C1=CN(C(=O)c2cccnc2Oc2ccccc2)CCc2c1[nH]c1ccccc21. The first kappa shape index (κ1) is 21.5. The van der Waals surface area contributed by atoms with Gasteiger partial charge in [0.15, 0.2) is 0 Å². The van der Waals surface area contributed by atoms with Crippen molar-refractivity contribution in [2.45, 2.75) is 13.3 Å². The Morgan fingerprint density at radius 2 is 1.82 bits per heavy atom. The van der Waals surface area contributed by atoms with Gasteiger partial charge in [0.1, 0.15) is 11.3 Å². The van der Waals surface area contributed by atoms with Gasteiger partial charge in [-0.2, -0.15) is 0 Å². The lowest BCUT2D eigenvalue weighted by atomic mass is 10.0. The van der Waals surface area contributed by atoms with Crippen LogP contribution in [0.25, 0.3) is 16.5 Å². The van der Waals surface area contributed by atoms with Gasteiger partial charge in [-0.3, -0.25) is 4.79 Å². The molecule has 7 heteroatoms. The fourth-order valence-corrected chi connectivity index (χ4v) is 4.12. The van der Waals surface area contributed by atoms with Crippen LogP contribution in [0.5, 0.6) is 11.6 Å². The largest absolute Gasteiger partial charge is 0.462 e. The van der Waals surface area contributed by atoms with Gasteiger partial charge >= 0.3 is 5.97 Å². The van der Waals surface area contributed by atoms with Crippen LogP contribution in [0.4, 0.5) is 0 Å². The molecule has 0 spiro atoms. The van der Waals surface area contributed by atoms with E-state index in [1.807, 2.05) is 42.5 Å². The lowest BCUT2D eigenvalue weighted by molar-refractivity contribution is -0.136. The van der Waals surface area contributed by atoms with Gasteiger partial charge in [0.2, 0.25) is 5.88 Å². The number of aromatic nitrogens is 2. The second kappa shape index (κ2) is 9.23. The molecule has 0 bridgehead atoms. The van der Waals surface area contributed by atoms with Crippen molar-refractivity contribution in [1.82, 2.24) is 14.9 Å². The van der Waals surface area contributed by atoms with Crippen LogP contribution in [0.3, 0.4) is 0 Å². The van der Waals surface area contributed by atoms with Crippen molar-refractivity contribution in [2.24, 2.45) is 0 Å². The maximum Gasteiger partial charge on any atom is 0.341 e. The van der Waals surface area contributed by atoms with E-state index in [1.165, 1.54) is 4.90 Å². The van der Waals surface area contributed by atoms with Crippen LogP contribution >= 0.6 is 0 Å². The number of H-pyrrole nitrogens is 1. The number of hydrogen-bond acceptors (Lipinski definition) is 5. The first-order valence-electron chi connectivity index (χ1n) is 11.1. The molecule has 2 aromatic carbocycles. The third-order valence-corrected chi connectivity index (χ3v) is 5.69. The maximum absolute atomic E-state index is 13.6. The third-order valence-electron chi connectivity index (χ3n) is 5.69. The Morgan fingerprint density at radius 3 is 2.65 bits per heavy atom. The summed E-state index contributed by atoms with van der Waals surface area (Å²) in [5.41, 5.74) is 3.22. The smallest absolute Gasteiger partial charge is 0.341 e. The van der Waals surface area contributed by atoms with Crippen LogP contribution in [0.15, 0.2) is 79.1 Å². The van der Waals surface area contributed by atoms with Crippen molar-refractivity contribution in [3.63, 3.8) is 0 Å². The average molecular weight is 453 g/mol. The fourth-order valence-electron chi connectivity index (χ4n) is 4.12. The second-order valence-electron chi connectivity index (χ2n) is 7.81. The van der Waals surface area contributed by atoms with Gasteiger partial charge in [0.05, 0.1) is 17.9 Å². The lowest BCUT2D eigenvalue weighted by Crippen LogP contribution is -2.28. The van der Waals surface area contributed by atoms with E-state index in [2.05, 4.69) is 9.97 Å². The van der Waals surface area contributed by atoms with E-state index in [9.17, 15) is 9.59 Å². The summed E-state index contributed by atoms with van der Waals surface area (Å²) in [5, 5.41) is 1.02. The summed E-state index contributed by atoms with van der Waals surface area (Å²) in [7, 11) is 0. The van der Waals surface area contributed by atoms with Crippen LogP contribution in [0.2, 0.25) is 0 Å². The average Bonchev–Trinajstić information content (AvgIpc) is 3.12. The molecule has 0 atom stereocenters. The van der Waals surface area contributed by atoms with Crippen molar-refractivity contribution in [2.75, 3.05) is 13.2 Å². The summed E-state index contributed by atoms with van der Waals surface area (Å²) >= 11 is 0. The normalized spacial score (nSPS) is 13.1. The number of benzene rings is 2. The molecular formula is C27H23N3O4. The highest BCUT2D eigenvalue weighted by molar-refractivity contribution is 6.18. The molecular weight excluding hydrogens is 430 g/mol. The van der Waals surface area contributed by atoms with Gasteiger partial charge in [-0.1, -0.05) is 36.4 Å². The molecule has 1 amide bonds. The number of nitrogens with one attached hydrogen (secondary N) is 1. The standard InChI is InChI=1S/C27H23N3O4/c1-2-33-27(32)22-17-30(16-14-20-19-11-6-7-13-23(19)29-24(20)22)26(31)21-12-8-15-28-25(21)34-18-9-4-3-5-10-18/h3-13,15,17,29H,2,14,16H2,1H3. The molecule has 34 heavy (non-hydrogen) atoms. The summed E-state index contributed by atoms with van der Waals surface area (Å²) in [6.45, 7) is 2.38. The summed E-state index contributed by atoms with van der Waals surface area (Å²) in [6.07, 6.45) is 3.72. The summed E-state index contributed by atoms with van der Waals surface area (Å²) in [4.78, 5) is 35.7. The van der Waals surface area contributed by atoms with E-state index in [0.29, 0.717) is 35.5 Å². The van der Waals surface area contributed by atoms with Crippen LogP contribution in [-0.2, 0) is 16.0 Å². The molecule has 0 fully saturated rings. The van der Waals surface area contributed by atoms with E-state index >= 15 is 0 Å². The van der Waals surface area contributed by atoms with Crippen LogP contribution in [-0.4, -0.2) is 39.9 Å². The number of rotatable bonds is 5. The van der Waals surface area contributed by atoms with Gasteiger partial charge < -0.3 is 19.4 Å². The molecule has 1 N–H and O–H groups in total. The molecule has 2 aromatic heterocycles. The monoisotopic (exact) mass is 453 g/mol. The maximum atomic E-state index is 13.6. The van der Waals surface area contributed by atoms with E-state index in [1.54, 1.807) is 43.6 Å². The van der Waals surface area contributed by atoms with E-state index < -0.39 is 5.97 Å². The summed E-state index contributed by atoms with van der Waals surface area (Å²) < 4.78 is 11.2. The van der Waals surface area contributed by atoms with Gasteiger partial charge in [-0.05, 0) is 49.2 Å². The molecule has 5 rings (SSSR count). The molecule has 3 heterocycles. The predicted molar refractivity (Wildman–Crippen MR) is 128 cm³/mol. The fraction of sp³-hybridized carbons (Fsp3) is 0.148. The number of aromatic amines is 1. The number of hydrogen-bond donors (Lipinski definition) is 1. The number of para-hydroxylation sites is 2. The molecule has 170 valence electrons. The Labute approximate surface area is 196 Å². The quantitative estimate of drug-likeness (QED) is 0.432. The minimum atomic E-state index is -0.484. The highest BCUT2D eigenvalue weighted by Gasteiger charge is 2.29. The molecule has 0 unspecified atom stereocenters. The van der Waals surface area contributed by atoms with Gasteiger partial charge in [-0.15, -0.1) is 0 Å². The van der Waals surface area contributed by atoms with Gasteiger partial charge in [0.25, 0.3) is 5.91 Å². The van der Waals surface area contributed by atoms with Crippen molar-refractivity contribution in [3.8, 4) is 11.6 Å². The second-order valence-corrected chi connectivity index (χ2v) is 7.81. The highest BCUT2D eigenvalue weighted by Crippen LogP contribution is 2.32. The number of amides is 1. The Morgan fingerprint density at radius 1 is 1.03 bits per heavy atom. The summed E-state index contributed by atoms with van der Waals surface area (Å²) in [5.74, 6) is -0.00874. The van der Waals surface area contributed by atoms with Gasteiger partial charge in [-0.25, -0.2) is 9.78 Å². The number of carbonyl (C=O) groups excluding carboxylic acids is 2. The molecule has 0 aliphatic carbocycles. The number of pyridine rings is 1. The molecule has 1 aliphatic heterocycles. The zero-order valence-electron chi connectivity index (χ0n) is 18.7. The van der Waals surface area contributed by atoms with Crippen LogP contribution in [0, 0.1) is 0 Å². The topological polar surface area (TPSA) is 84.5 Å². The van der Waals surface area contributed by atoms with Crippen molar-refractivity contribution in [3.05, 3.63) is 95.9 Å². The Balaban J connectivity index is 1.54. The zero-order valence-corrected chi connectivity index (χ0v) is 18.7. The van der Waals surface area contributed by atoms with E-state index in [0.717, 1.165) is 16.5 Å². The van der Waals surface area contributed by atoms with Crippen molar-refractivity contribution < 1.29 is 19.1 Å². The number of esters is 1. The molecule has 0 radical (unpaired) electrons. The zero-order chi connectivity index (χ0) is 23.5. The first-order chi connectivity index (χ1) is 16.7. The Hall–Kier alpha value is -4.39. The minimum absolute atomic E-state index is 0.206. The van der Waals surface area contributed by atoms with Crippen molar-refractivity contribution in [1.29, 1.82) is 0 Å². The lowest BCUT2D eigenvalue weighted by Gasteiger charge is -2.19. The van der Waals surface area contributed by atoms with Crippen LogP contribution in [0.1, 0.15) is 28.5 Å². The van der Waals surface area contributed by atoms with Crippen molar-refractivity contribution >= 4 is 28.4 Å². The number of ether oxygens (including phenoxy) is 2. The predicted octanol–water partition coefficient (Wildman–Crippen LogP) is 4.96. The highest BCUT2D eigenvalue weighted by atomic mass is 16.5. The van der Waals surface area contributed by atoms with Crippen LogP contribution < -0.4 is 4.74 Å². The third kappa shape index (κ3) is 4.03. The molecule has 7 nitrogen and oxygen atoms in total.